The molecule has 0 radical (unpaired) electrons. The molecule has 0 amide bonds. The predicted octanol–water partition coefficient (Wildman–Crippen LogP) is 3.25. The van der Waals surface area contributed by atoms with Crippen LogP contribution in [0.1, 0.15) is 5.56 Å². The first kappa shape index (κ1) is 13.3. The summed E-state index contributed by atoms with van der Waals surface area (Å²) in [6.07, 6.45) is 1.62. The van der Waals surface area contributed by atoms with Gasteiger partial charge in [-0.1, -0.05) is 12.1 Å². The minimum atomic E-state index is 0.590. The molecule has 0 aliphatic heterocycles. The summed E-state index contributed by atoms with van der Waals surface area (Å²) < 4.78 is 12.5. The molecule has 21 heavy (non-hydrogen) atoms. The predicted molar refractivity (Wildman–Crippen MR) is 82.0 cm³/mol. The fourth-order valence-electron chi connectivity index (χ4n) is 2.38. The molecule has 0 bridgehead atoms. The van der Waals surface area contributed by atoms with E-state index in [0.29, 0.717) is 11.6 Å². The van der Waals surface area contributed by atoms with Gasteiger partial charge in [0.25, 0.3) is 0 Å². The molecule has 0 aliphatic rings. The summed E-state index contributed by atoms with van der Waals surface area (Å²) in [5.74, 6) is 2.10. The zero-order chi connectivity index (χ0) is 15.0. The molecule has 2 N–H and O–H groups in total. The number of furan rings is 1. The standard InChI is InChI=1S/C16H17N3O2/c1-10-6-7-11(9-13(10)20-3)14-15(12-5-4-8-21-12)18-19(2)16(14)17/h4-9H,17H2,1-3H3. The summed E-state index contributed by atoms with van der Waals surface area (Å²) in [5, 5.41) is 4.46. The van der Waals surface area contributed by atoms with Gasteiger partial charge >= 0.3 is 0 Å². The second kappa shape index (κ2) is 5.01. The lowest BCUT2D eigenvalue weighted by molar-refractivity contribution is 0.412. The van der Waals surface area contributed by atoms with Crippen molar-refractivity contribution in [3.8, 4) is 28.3 Å². The lowest BCUT2D eigenvalue weighted by Gasteiger charge is -2.08. The van der Waals surface area contributed by atoms with Gasteiger partial charge in [0.15, 0.2) is 5.76 Å². The fourth-order valence-corrected chi connectivity index (χ4v) is 2.38. The van der Waals surface area contributed by atoms with E-state index in [-0.39, 0.29) is 0 Å². The molecule has 1 aromatic carbocycles. The number of aryl methyl sites for hydroxylation is 2. The monoisotopic (exact) mass is 283 g/mol. The number of ether oxygens (including phenoxy) is 1. The molecular formula is C16H17N3O2. The van der Waals surface area contributed by atoms with Crippen LogP contribution in [0, 0.1) is 6.92 Å². The highest BCUT2D eigenvalue weighted by Gasteiger charge is 2.19. The Hall–Kier alpha value is -2.69. The largest absolute Gasteiger partial charge is 0.496 e. The van der Waals surface area contributed by atoms with Gasteiger partial charge in [0, 0.05) is 7.05 Å². The summed E-state index contributed by atoms with van der Waals surface area (Å²) in [6.45, 7) is 2.00. The minimum absolute atomic E-state index is 0.590. The highest BCUT2D eigenvalue weighted by Crippen LogP contribution is 2.37. The van der Waals surface area contributed by atoms with E-state index in [9.17, 15) is 0 Å². The molecular weight excluding hydrogens is 266 g/mol. The average molecular weight is 283 g/mol. The van der Waals surface area contributed by atoms with Crippen LogP contribution in [-0.4, -0.2) is 16.9 Å². The Morgan fingerprint density at radius 3 is 2.76 bits per heavy atom. The summed E-state index contributed by atoms with van der Waals surface area (Å²) in [4.78, 5) is 0. The van der Waals surface area contributed by atoms with E-state index in [0.717, 1.165) is 28.1 Å². The van der Waals surface area contributed by atoms with Crippen molar-refractivity contribution in [3.05, 3.63) is 42.2 Å². The van der Waals surface area contributed by atoms with Gasteiger partial charge in [0.2, 0.25) is 0 Å². The Balaban J connectivity index is 2.23. The van der Waals surface area contributed by atoms with Gasteiger partial charge in [0.05, 0.1) is 18.9 Å². The van der Waals surface area contributed by atoms with Crippen molar-refractivity contribution in [2.24, 2.45) is 7.05 Å². The Morgan fingerprint density at radius 1 is 1.29 bits per heavy atom. The van der Waals surface area contributed by atoms with Gasteiger partial charge in [-0.3, -0.25) is 4.68 Å². The number of hydrogen-bond acceptors (Lipinski definition) is 4. The van der Waals surface area contributed by atoms with Crippen LogP contribution < -0.4 is 10.5 Å². The second-order valence-electron chi connectivity index (χ2n) is 4.89. The zero-order valence-electron chi connectivity index (χ0n) is 12.3. The molecule has 0 aliphatic carbocycles. The van der Waals surface area contributed by atoms with Crippen molar-refractivity contribution in [3.63, 3.8) is 0 Å². The third-order valence-electron chi connectivity index (χ3n) is 3.54. The molecule has 2 aromatic heterocycles. The van der Waals surface area contributed by atoms with Crippen LogP contribution in [0.5, 0.6) is 5.75 Å². The number of benzene rings is 1. The highest BCUT2D eigenvalue weighted by atomic mass is 16.5. The lowest BCUT2D eigenvalue weighted by Crippen LogP contribution is -1.98. The van der Waals surface area contributed by atoms with Gasteiger partial charge in [-0.25, -0.2) is 0 Å². The molecule has 3 aromatic rings. The molecule has 2 heterocycles. The van der Waals surface area contributed by atoms with E-state index in [1.165, 1.54) is 0 Å². The van der Waals surface area contributed by atoms with Crippen LogP contribution in [0.4, 0.5) is 5.82 Å². The number of nitrogens with two attached hydrogens (primary N) is 1. The molecule has 5 heteroatoms. The van der Waals surface area contributed by atoms with Crippen molar-refractivity contribution in [2.45, 2.75) is 6.92 Å². The molecule has 0 saturated carbocycles. The summed E-state index contributed by atoms with van der Waals surface area (Å²) in [6, 6.07) is 9.69. The van der Waals surface area contributed by atoms with Crippen molar-refractivity contribution in [2.75, 3.05) is 12.8 Å². The molecule has 0 fully saturated rings. The van der Waals surface area contributed by atoms with Crippen LogP contribution >= 0.6 is 0 Å². The maximum absolute atomic E-state index is 6.19. The van der Waals surface area contributed by atoms with Crippen LogP contribution in [0.25, 0.3) is 22.6 Å². The van der Waals surface area contributed by atoms with Crippen molar-refractivity contribution in [1.29, 1.82) is 0 Å². The van der Waals surface area contributed by atoms with Crippen molar-refractivity contribution >= 4 is 5.82 Å². The van der Waals surface area contributed by atoms with Crippen LogP contribution in [0.15, 0.2) is 41.0 Å². The maximum atomic E-state index is 6.19. The van der Waals surface area contributed by atoms with Gasteiger partial charge < -0.3 is 14.9 Å². The summed E-state index contributed by atoms with van der Waals surface area (Å²) in [7, 11) is 3.48. The Morgan fingerprint density at radius 2 is 2.10 bits per heavy atom. The Bertz CT molecular complexity index is 773. The number of hydrogen-bond donors (Lipinski definition) is 1. The van der Waals surface area contributed by atoms with Crippen LogP contribution in [-0.2, 0) is 7.05 Å². The van der Waals surface area contributed by atoms with Gasteiger partial charge in [-0.2, -0.15) is 5.10 Å². The normalized spacial score (nSPS) is 10.8. The first-order valence-corrected chi connectivity index (χ1v) is 6.63. The van der Waals surface area contributed by atoms with Crippen LogP contribution in [0.3, 0.4) is 0 Å². The van der Waals surface area contributed by atoms with E-state index >= 15 is 0 Å². The zero-order valence-corrected chi connectivity index (χ0v) is 12.3. The van der Waals surface area contributed by atoms with E-state index in [1.54, 1.807) is 18.1 Å². The topological polar surface area (TPSA) is 66.2 Å². The molecule has 108 valence electrons. The van der Waals surface area contributed by atoms with E-state index in [1.807, 2.05) is 44.3 Å². The maximum Gasteiger partial charge on any atom is 0.154 e. The first-order chi connectivity index (χ1) is 10.1. The van der Waals surface area contributed by atoms with Gasteiger partial charge in [-0.15, -0.1) is 0 Å². The Labute approximate surface area is 122 Å². The smallest absolute Gasteiger partial charge is 0.154 e. The van der Waals surface area contributed by atoms with Crippen molar-refractivity contribution < 1.29 is 9.15 Å². The first-order valence-electron chi connectivity index (χ1n) is 6.63. The summed E-state index contributed by atoms with van der Waals surface area (Å²) in [5.41, 5.74) is 9.79. The number of anilines is 1. The quantitative estimate of drug-likeness (QED) is 0.801. The highest BCUT2D eigenvalue weighted by molar-refractivity contribution is 5.87. The number of methoxy groups -OCH3 is 1. The number of aromatic nitrogens is 2. The molecule has 0 spiro atoms. The molecule has 0 unspecified atom stereocenters. The van der Waals surface area contributed by atoms with E-state index in [4.69, 9.17) is 14.9 Å². The number of nitrogen functional groups attached to an aromatic ring is 1. The molecule has 3 rings (SSSR count). The minimum Gasteiger partial charge on any atom is -0.496 e. The SMILES string of the molecule is COc1cc(-c2c(-c3ccco3)nn(C)c2N)ccc1C. The average Bonchev–Trinajstić information content (AvgIpc) is 3.09. The third-order valence-corrected chi connectivity index (χ3v) is 3.54. The molecule has 0 saturated heterocycles. The molecule has 5 nitrogen and oxygen atoms in total. The summed E-state index contributed by atoms with van der Waals surface area (Å²) >= 11 is 0. The van der Waals surface area contributed by atoms with Crippen LogP contribution in [0.2, 0.25) is 0 Å². The lowest BCUT2D eigenvalue weighted by atomic mass is 10.0. The van der Waals surface area contributed by atoms with E-state index < -0.39 is 0 Å². The fraction of sp³-hybridized carbons (Fsp3) is 0.188. The molecule has 0 atom stereocenters. The second-order valence-corrected chi connectivity index (χ2v) is 4.89. The third kappa shape index (κ3) is 2.16. The van der Waals surface area contributed by atoms with Crippen molar-refractivity contribution in [1.82, 2.24) is 9.78 Å². The van der Waals surface area contributed by atoms with E-state index in [2.05, 4.69) is 5.10 Å². The number of nitrogens with zero attached hydrogens (tertiary/aromatic N) is 2. The number of rotatable bonds is 3. The Kier molecular flexibility index (Phi) is 3.17. The van der Waals surface area contributed by atoms with Gasteiger partial charge in [-0.05, 0) is 36.2 Å². The van der Waals surface area contributed by atoms with Gasteiger partial charge in [0.1, 0.15) is 17.3 Å².